The van der Waals surface area contributed by atoms with Gasteiger partial charge in [-0.3, -0.25) is 4.79 Å². The predicted molar refractivity (Wildman–Crippen MR) is 67.7 cm³/mol. The highest BCUT2D eigenvalue weighted by Crippen LogP contribution is 2.25. The average molecular weight is 244 g/mol. The van der Waals surface area contributed by atoms with Crippen LogP contribution in [0.15, 0.2) is 42.5 Å². The molecule has 0 amide bonds. The summed E-state index contributed by atoms with van der Waals surface area (Å²) in [5.74, 6) is 0.551. The van der Waals surface area contributed by atoms with E-state index in [0.29, 0.717) is 17.8 Å². The van der Waals surface area contributed by atoms with E-state index in [0.717, 1.165) is 18.1 Å². The molecule has 0 aliphatic carbocycles. The van der Waals surface area contributed by atoms with Gasteiger partial charge in [0, 0.05) is 0 Å². The van der Waals surface area contributed by atoms with Crippen molar-refractivity contribution in [3.8, 4) is 11.5 Å². The van der Waals surface area contributed by atoms with E-state index in [4.69, 9.17) is 4.74 Å². The van der Waals surface area contributed by atoms with Gasteiger partial charge in [0.2, 0.25) is 0 Å². The Morgan fingerprint density at radius 3 is 2.78 bits per heavy atom. The first-order valence-electron chi connectivity index (χ1n) is 5.74. The minimum Gasteiger partial charge on any atom is -0.457 e. The van der Waals surface area contributed by atoms with Crippen LogP contribution in [0, 0.1) is 5.82 Å². The second-order valence-electron chi connectivity index (χ2n) is 3.90. The summed E-state index contributed by atoms with van der Waals surface area (Å²) in [5.41, 5.74) is 1.35. The minimum atomic E-state index is -0.452. The van der Waals surface area contributed by atoms with Crippen LogP contribution in [0.5, 0.6) is 11.5 Å². The fraction of sp³-hybridized carbons (Fsp3) is 0.133. The van der Waals surface area contributed by atoms with Gasteiger partial charge in [0.15, 0.2) is 6.29 Å². The summed E-state index contributed by atoms with van der Waals surface area (Å²) in [7, 11) is 0. The van der Waals surface area contributed by atoms with E-state index in [2.05, 4.69) is 0 Å². The van der Waals surface area contributed by atoms with Crippen molar-refractivity contribution in [1.82, 2.24) is 0 Å². The quantitative estimate of drug-likeness (QED) is 0.760. The Morgan fingerprint density at radius 1 is 1.22 bits per heavy atom. The van der Waals surface area contributed by atoms with Gasteiger partial charge in [0.05, 0.1) is 5.56 Å². The highest BCUT2D eigenvalue weighted by atomic mass is 19.1. The van der Waals surface area contributed by atoms with Gasteiger partial charge in [-0.15, -0.1) is 0 Å². The molecular weight excluding hydrogens is 231 g/mol. The lowest BCUT2D eigenvalue weighted by Gasteiger charge is -2.09. The van der Waals surface area contributed by atoms with Gasteiger partial charge in [-0.2, -0.15) is 0 Å². The number of hydrogen-bond donors (Lipinski definition) is 0. The number of ether oxygens (including phenoxy) is 1. The van der Waals surface area contributed by atoms with Crippen molar-refractivity contribution in [2.75, 3.05) is 0 Å². The molecule has 0 fully saturated rings. The summed E-state index contributed by atoms with van der Waals surface area (Å²) < 4.78 is 18.6. The number of carbonyl (C=O) groups excluding carboxylic acids is 1. The van der Waals surface area contributed by atoms with Gasteiger partial charge >= 0.3 is 0 Å². The number of carbonyl (C=O) groups is 1. The third-order valence-corrected chi connectivity index (χ3v) is 2.63. The Bertz CT molecular complexity index is 564. The number of halogens is 1. The normalized spacial score (nSPS) is 10.1. The zero-order chi connectivity index (χ0) is 13.0. The second kappa shape index (κ2) is 5.45. The van der Waals surface area contributed by atoms with Crippen molar-refractivity contribution in [3.63, 3.8) is 0 Å². The summed E-state index contributed by atoms with van der Waals surface area (Å²) >= 11 is 0. The lowest BCUT2D eigenvalue weighted by molar-refractivity contribution is 0.112. The molecule has 0 heterocycles. The van der Waals surface area contributed by atoms with Gasteiger partial charge in [0.1, 0.15) is 17.3 Å². The largest absolute Gasteiger partial charge is 0.457 e. The molecule has 92 valence electrons. The van der Waals surface area contributed by atoms with Crippen molar-refractivity contribution in [3.05, 3.63) is 59.4 Å². The van der Waals surface area contributed by atoms with Crippen LogP contribution in [-0.2, 0) is 6.42 Å². The summed E-state index contributed by atoms with van der Waals surface area (Å²) in [6.45, 7) is 2.05. The molecule has 2 rings (SSSR count). The lowest BCUT2D eigenvalue weighted by atomic mass is 10.1. The Morgan fingerprint density at radius 2 is 2.06 bits per heavy atom. The van der Waals surface area contributed by atoms with Crippen LogP contribution in [0.2, 0.25) is 0 Å². The van der Waals surface area contributed by atoms with E-state index in [1.165, 1.54) is 12.1 Å². The van der Waals surface area contributed by atoms with Gasteiger partial charge in [-0.25, -0.2) is 4.39 Å². The van der Waals surface area contributed by atoms with Crippen LogP contribution >= 0.6 is 0 Å². The summed E-state index contributed by atoms with van der Waals surface area (Å²) in [5, 5.41) is 0. The highest BCUT2D eigenvalue weighted by molar-refractivity contribution is 5.79. The molecule has 0 radical (unpaired) electrons. The van der Waals surface area contributed by atoms with Crippen molar-refractivity contribution in [2.45, 2.75) is 13.3 Å². The first-order chi connectivity index (χ1) is 8.72. The summed E-state index contributed by atoms with van der Waals surface area (Å²) in [6.07, 6.45) is 1.49. The highest BCUT2D eigenvalue weighted by Gasteiger charge is 2.06. The molecule has 0 aliphatic rings. The summed E-state index contributed by atoms with van der Waals surface area (Å²) in [6, 6.07) is 11.5. The van der Waals surface area contributed by atoms with E-state index >= 15 is 0 Å². The first-order valence-corrected chi connectivity index (χ1v) is 5.74. The monoisotopic (exact) mass is 244 g/mol. The van der Waals surface area contributed by atoms with Gasteiger partial charge in [-0.05, 0) is 42.3 Å². The topological polar surface area (TPSA) is 26.3 Å². The fourth-order valence-electron chi connectivity index (χ4n) is 1.66. The molecule has 0 saturated heterocycles. The maximum atomic E-state index is 13.0. The number of aryl methyl sites for hydroxylation is 1. The molecule has 0 atom stereocenters. The van der Waals surface area contributed by atoms with Crippen LogP contribution in [0.3, 0.4) is 0 Å². The molecule has 2 nitrogen and oxygen atoms in total. The van der Waals surface area contributed by atoms with Crippen LogP contribution in [0.4, 0.5) is 4.39 Å². The van der Waals surface area contributed by atoms with Crippen molar-refractivity contribution in [2.24, 2.45) is 0 Å². The maximum Gasteiger partial charge on any atom is 0.153 e. The summed E-state index contributed by atoms with van der Waals surface area (Å²) in [4.78, 5) is 10.8. The molecule has 0 spiro atoms. The first kappa shape index (κ1) is 12.3. The third-order valence-electron chi connectivity index (χ3n) is 2.63. The van der Waals surface area contributed by atoms with E-state index in [1.807, 2.05) is 25.1 Å². The molecule has 0 bridgehead atoms. The number of benzene rings is 2. The molecule has 0 saturated carbocycles. The zero-order valence-electron chi connectivity index (χ0n) is 10.0. The van der Waals surface area contributed by atoms with Crippen molar-refractivity contribution >= 4 is 6.29 Å². The predicted octanol–water partition coefficient (Wildman–Crippen LogP) is 3.99. The minimum absolute atomic E-state index is 0.205. The maximum absolute atomic E-state index is 13.0. The SMILES string of the molecule is CCc1cccc(Oc2ccc(F)cc2C=O)c1. The van der Waals surface area contributed by atoms with Gasteiger partial charge < -0.3 is 4.74 Å². The molecule has 0 aromatic heterocycles. The lowest BCUT2D eigenvalue weighted by Crippen LogP contribution is -1.92. The third kappa shape index (κ3) is 2.74. The number of rotatable bonds is 4. The van der Waals surface area contributed by atoms with Crippen LogP contribution < -0.4 is 4.74 Å². The van der Waals surface area contributed by atoms with Gasteiger partial charge in [-0.1, -0.05) is 19.1 Å². The van der Waals surface area contributed by atoms with E-state index in [-0.39, 0.29) is 5.56 Å². The molecule has 18 heavy (non-hydrogen) atoms. The van der Waals surface area contributed by atoms with E-state index < -0.39 is 5.82 Å². The van der Waals surface area contributed by atoms with Gasteiger partial charge in [0.25, 0.3) is 0 Å². The molecule has 2 aromatic rings. The van der Waals surface area contributed by atoms with Crippen LogP contribution in [0.1, 0.15) is 22.8 Å². The fourth-order valence-corrected chi connectivity index (χ4v) is 1.66. The van der Waals surface area contributed by atoms with E-state index in [9.17, 15) is 9.18 Å². The Labute approximate surface area is 105 Å². The number of aldehydes is 1. The van der Waals surface area contributed by atoms with Crippen LogP contribution in [0.25, 0.3) is 0 Å². The molecular formula is C15H13FO2. The van der Waals surface area contributed by atoms with E-state index in [1.54, 1.807) is 6.07 Å². The molecule has 0 unspecified atom stereocenters. The standard InChI is InChI=1S/C15H13FO2/c1-2-11-4-3-5-14(8-11)18-15-7-6-13(16)9-12(15)10-17/h3-10H,2H2,1H3. The average Bonchev–Trinajstić information content (AvgIpc) is 2.41. The zero-order valence-corrected chi connectivity index (χ0v) is 10.0. The molecule has 2 aromatic carbocycles. The van der Waals surface area contributed by atoms with Crippen molar-refractivity contribution in [1.29, 1.82) is 0 Å². The molecule has 0 N–H and O–H groups in total. The number of hydrogen-bond acceptors (Lipinski definition) is 2. The Hall–Kier alpha value is -2.16. The molecule has 3 heteroatoms. The second-order valence-corrected chi connectivity index (χ2v) is 3.90. The Balaban J connectivity index is 2.30. The smallest absolute Gasteiger partial charge is 0.153 e. The van der Waals surface area contributed by atoms with Crippen LogP contribution in [-0.4, -0.2) is 6.29 Å². The van der Waals surface area contributed by atoms with Crippen molar-refractivity contribution < 1.29 is 13.9 Å². The Kier molecular flexibility index (Phi) is 3.72. The molecule has 0 aliphatic heterocycles.